The first-order valence-corrected chi connectivity index (χ1v) is 8.14. The number of aliphatic hydroxyl groups excluding tert-OH is 1. The van der Waals surface area contributed by atoms with Gasteiger partial charge in [-0.3, -0.25) is 0 Å². The van der Waals surface area contributed by atoms with E-state index in [1.165, 1.54) is 11.3 Å². The fraction of sp³-hybridized carbons (Fsp3) is 0.0909. The van der Waals surface area contributed by atoms with Crippen molar-refractivity contribution in [3.8, 4) is 0 Å². The van der Waals surface area contributed by atoms with Crippen LogP contribution in [-0.4, -0.2) is 5.11 Å². The van der Waals surface area contributed by atoms with E-state index in [9.17, 15) is 5.11 Å². The lowest BCUT2D eigenvalue weighted by Gasteiger charge is -2.09. The van der Waals surface area contributed by atoms with Crippen molar-refractivity contribution >= 4 is 70.7 Å². The summed E-state index contributed by atoms with van der Waals surface area (Å²) in [6.07, 6.45) is -0.659. The van der Waals surface area contributed by atoms with Gasteiger partial charge in [0.05, 0.1) is 8.81 Å². The highest BCUT2D eigenvalue weighted by atomic mass is 79.9. The molecule has 90 valence electrons. The third-order valence-electron chi connectivity index (χ3n) is 2.19. The number of rotatable bonds is 2. The molecular weight excluding hydrogens is 455 g/mol. The average Bonchev–Trinajstić information content (AvgIpc) is 2.62. The van der Waals surface area contributed by atoms with Gasteiger partial charge >= 0.3 is 0 Å². The Bertz CT molecular complexity index is 536. The van der Waals surface area contributed by atoms with Crippen molar-refractivity contribution in [3.05, 3.63) is 52.5 Å². The zero-order valence-electron chi connectivity index (χ0n) is 8.25. The first kappa shape index (κ1) is 14.0. The molecule has 17 heavy (non-hydrogen) atoms. The molecular formula is C11H6Br3ClOS. The Morgan fingerprint density at radius 1 is 1.12 bits per heavy atom. The summed E-state index contributed by atoms with van der Waals surface area (Å²) in [6.45, 7) is 0. The van der Waals surface area contributed by atoms with Gasteiger partial charge in [-0.25, -0.2) is 0 Å². The molecule has 0 radical (unpaired) electrons. The van der Waals surface area contributed by atoms with Crippen LogP contribution in [0.25, 0.3) is 0 Å². The Morgan fingerprint density at radius 2 is 1.82 bits per heavy atom. The SMILES string of the molecule is OC(c1ccc(Br)c(Cl)c1)c1cc(Br)c(Br)s1. The molecule has 1 aromatic carbocycles. The molecule has 2 aromatic rings. The van der Waals surface area contributed by atoms with Crippen LogP contribution in [0, 0.1) is 0 Å². The van der Waals surface area contributed by atoms with Crippen LogP contribution in [0.15, 0.2) is 37.0 Å². The molecule has 2 rings (SSSR count). The fourth-order valence-electron chi connectivity index (χ4n) is 1.34. The van der Waals surface area contributed by atoms with Crippen LogP contribution >= 0.6 is 70.7 Å². The van der Waals surface area contributed by atoms with Crippen molar-refractivity contribution in [3.63, 3.8) is 0 Å². The summed E-state index contributed by atoms with van der Waals surface area (Å²) in [7, 11) is 0. The first-order chi connectivity index (χ1) is 7.99. The second kappa shape index (κ2) is 5.72. The van der Waals surface area contributed by atoms with E-state index in [4.69, 9.17) is 11.6 Å². The molecule has 0 saturated carbocycles. The van der Waals surface area contributed by atoms with E-state index in [2.05, 4.69) is 47.8 Å². The van der Waals surface area contributed by atoms with E-state index < -0.39 is 6.10 Å². The summed E-state index contributed by atoms with van der Waals surface area (Å²) < 4.78 is 2.73. The minimum Gasteiger partial charge on any atom is -0.383 e. The second-order valence-electron chi connectivity index (χ2n) is 3.35. The first-order valence-electron chi connectivity index (χ1n) is 4.57. The Kier molecular flexibility index (Phi) is 4.72. The van der Waals surface area contributed by atoms with Gasteiger partial charge in [-0.15, -0.1) is 11.3 Å². The Morgan fingerprint density at radius 3 is 2.35 bits per heavy atom. The highest BCUT2D eigenvalue weighted by molar-refractivity contribution is 9.13. The van der Waals surface area contributed by atoms with E-state index in [0.717, 1.165) is 23.2 Å². The van der Waals surface area contributed by atoms with Gasteiger partial charge in [0, 0.05) is 13.8 Å². The van der Waals surface area contributed by atoms with E-state index in [1.807, 2.05) is 18.2 Å². The fourth-order valence-corrected chi connectivity index (χ4v) is 3.88. The van der Waals surface area contributed by atoms with Crippen molar-refractivity contribution in [1.29, 1.82) is 0 Å². The maximum atomic E-state index is 10.2. The number of benzene rings is 1. The van der Waals surface area contributed by atoms with Crippen LogP contribution in [0.1, 0.15) is 16.5 Å². The Balaban J connectivity index is 2.36. The van der Waals surface area contributed by atoms with E-state index in [1.54, 1.807) is 6.07 Å². The lowest BCUT2D eigenvalue weighted by Crippen LogP contribution is -1.96. The van der Waals surface area contributed by atoms with Crippen molar-refractivity contribution < 1.29 is 5.11 Å². The number of hydrogen-bond donors (Lipinski definition) is 1. The van der Waals surface area contributed by atoms with E-state index in [-0.39, 0.29) is 0 Å². The zero-order chi connectivity index (χ0) is 12.6. The quantitative estimate of drug-likeness (QED) is 0.602. The van der Waals surface area contributed by atoms with Crippen molar-refractivity contribution in [2.45, 2.75) is 6.10 Å². The Labute approximate surface area is 133 Å². The van der Waals surface area contributed by atoms with Crippen LogP contribution in [0.2, 0.25) is 5.02 Å². The molecule has 1 N–H and O–H groups in total. The van der Waals surface area contributed by atoms with E-state index >= 15 is 0 Å². The van der Waals surface area contributed by atoms with Crippen molar-refractivity contribution in [2.75, 3.05) is 0 Å². The van der Waals surface area contributed by atoms with Crippen molar-refractivity contribution in [2.24, 2.45) is 0 Å². The topological polar surface area (TPSA) is 20.2 Å². The molecule has 1 heterocycles. The maximum Gasteiger partial charge on any atom is 0.113 e. The molecule has 6 heteroatoms. The lowest BCUT2D eigenvalue weighted by atomic mass is 10.1. The average molecular weight is 461 g/mol. The predicted molar refractivity (Wildman–Crippen MR) is 82.9 cm³/mol. The van der Waals surface area contributed by atoms with Gasteiger partial charge < -0.3 is 5.11 Å². The van der Waals surface area contributed by atoms with Gasteiger partial charge in [-0.05, 0) is 71.6 Å². The summed E-state index contributed by atoms with van der Waals surface area (Å²) in [4.78, 5) is 0.863. The van der Waals surface area contributed by atoms with Crippen LogP contribution in [-0.2, 0) is 0 Å². The smallest absolute Gasteiger partial charge is 0.113 e. The number of halogens is 4. The van der Waals surface area contributed by atoms with E-state index in [0.29, 0.717) is 5.02 Å². The number of thiophene rings is 1. The number of hydrogen-bond acceptors (Lipinski definition) is 2. The van der Waals surface area contributed by atoms with Crippen LogP contribution in [0.5, 0.6) is 0 Å². The predicted octanol–water partition coefficient (Wildman–Crippen LogP) is 5.77. The minimum atomic E-state index is -0.659. The van der Waals surface area contributed by atoms with Crippen molar-refractivity contribution in [1.82, 2.24) is 0 Å². The molecule has 0 aliphatic heterocycles. The third-order valence-corrected chi connectivity index (χ3v) is 6.73. The third kappa shape index (κ3) is 3.14. The zero-order valence-corrected chi connectivity index (χ0v) is 14.6. The molecule has 1 aromatic heterocycles. The Hall–Kier alpha value is 0.610. The monoisotopic (exact) mass is 458 g/mol. The molecule has 1 nitrogen and oxygen atoms in total. The maximum absolute atomic E-state index is 10.2. The van der Waals surface area contributed by atoms with Crippen LogP contribution < -0.4 is 0 Å². The molecule has 0 fully saturated rings. The molecule has 1 unspecified atom stereocenters. The van der Waals surface area contributed by atoms with Crippen LogP contribution in [0.4, 0.5) is 0 Å². The summed E-state index contributed by atoms with van der Waals surface area (Å²) in [5.41, 5.74) is 0.777. The molecule has 0 aliphatic rings. The molecule has 0 spiro atoms. The van der Waals surface area contributed by atoms with Gasteiger partial charge in [0.15, 0.2) is 0 Å². The van der Waals surface area contributed by atoms with Gasteiger partial charge in [0.1, 0.15) is 6.10 Å². The normalized spacial score (nSPS) is 12.8. The summed E-state index contributed by atoms with van der Waals surface area (Å²) in [6, 6.07) is 7.34. The minimum absolute atomic E-state index is 0.594. The van der Waals surface area contributed by atoms with Gasteiger partial charge in [-0.2, -0.15) is 0 Å². The molecule has 0 amide bonds. The number of aliphatic hydroxyl groups is 1. The highest BCUT2D eigenvalue weighted by Crippen LogP contribution is 2.38. The van der Waals surface area contributed by atoms with Gasteiger partial charge in [0.2, 0.25) is 0 Å². The standard InChI is InChI=1S/C11H6Br3ClOS/c12-6-2-1-5(3-8(6)15)10(16)9-4-7(13)11(14)17-9/h1-4,10,16H. The van der Waals surface area contributed by atoms with Crippen LogP contribution in [0.3, 0.4) is 0 Å². The summed E-state index contributed by atoms with van der Waals surface area (Å²) in [5, 5.41) is 10.8. The molecule has 0 bridgehead atoms. The summed E-state index contributed by atoms with van der Waals surface area (Å²) in [5.74, 6) is 0. The second-order valence-corrected chi connectivity index (χ2v) is 7.86. The molecule has 1 atom stereocenters. The van der Waals surface area contributed by atoms with Gasteiger partial charge in [0.25, 0.3) is 0 Å². The molecule has 0 saturated heterocycles. The summed E-state index contributed by atoms with van der Waals surface area (Å²) >= 11 is 17.6. The van der Waals surface area contributed by atoms with Gasteiger partial charge in [-0.1, -0.05) is 17.7 Å². The largest absolute Gasteiger partial charge is 0.383 e. The molecule has 0 aliphatic carbocycles. The highest BCUT2D eigenvalue weighted by Gasteiger charge is 2.15. The lowest BCUT2D eigenvalue weighted by molar-refractivity contribution is 0.224.